The maximum Gasteiger partial charge on any atom is 0.254 e. The van der Waals surface area contributed by atoms with Crippen molar-refractivity contribution in [1.82, 2.24) is 4.90 Å². The number of benzene rings is 1. The van der Waals surface area contributed by atoms with Gasteiger partial charge in [-0.15, -0.1) is 0 Å². The molecule has 2 N–H and O–H groups in total. The molecule has 0 spiro atoms. The first-order valence-electron chi connectivity index (χ1n) is 6.18. The van der Waals surface area contributed by atoms with Gasteiger partial charge in [0.2, 0.25) is 0 Å². The topological polar surface area (TPSA) is 46.3 Å². The van der Waals surface area contributed by atoms with Crippen LogP contribution in [-0.2, 0) is 0 Å². The zero-order valence-corrected chi connectivity index (χ0v) is 13.0. The molecule has 3 nitrogen and oxygen atoms in total. The van der Waals surface area contributed by atoms with Crippen molar-refractivity contribution in [3.05, 3.63) is 34.3 Å². The first kappa shape index (κ1) is 15.9. The highest BCUT2D eigenvalue weighted by Gasteiger charge is 2.20. The van der Waals surface area contributed by atoms with Gasteiger partial charge in [0.1, 0.15) is 0 Å². The third-order valence-electron chi connectivity index (χ3n) is 2.91. The van der Waals surface area contributed by atoms with Crippen molar-refractivity contribution in [3.63, 3.8) is 0 Å². The molecular weight excluding hydrogens is 280 g/mol. The molecule has 0 aliphatic carbocycles. The Morgan fingerprint density at radius 1 is 1.47 bits per heavy atom. The van der Waals surface area contributed by atoms with Crippen molar-refractivity contribution >= 4 is 34.7 Å². The average molecular weight is 299 g/mol. The van der Waals surface area contributed by atoms with Gasteiger partial charge in [-0.25, -0.2) is 0 Å². The van der Waals surface area contributed by atoms with E-state index < -0.39 is 0 Å². The van der Waals surface area contributed by atoms with Crippen LogP contribution in [0.25, 0.3) is 0 Å². The fourth-order valence-corrected chi connectivity index (χ4v) is 2.07. The molecule has 0 radical (unpaired) electrons. The Morgan fingerprint density at radius 3 is 2.63 bits per heavy atom. The minimum atomic E-state index is -0.0359. The Bertz CT molecular complexity index is 488. The molecule has 0 heterocycles. The summed E-state index contributed by atoms with van der Waals surface area (Å²) in [6.07, 6.45) is 0.527. The van der Waals surface area contributed by atoms with Gasteiger partial charge in [0.25, 0.3) is 5.91 Å². The molecule has 0 fully saturated rings. The van der Waals surface area contributed by atoms with Gasteiger partial charge >= 0.3 is 0 Å². The number of carbonyl (C=O) groups is 1. The summed E-state index contributed by atoms with van der Waals surface area (Å²) in [5.41, 5.74) is 7.05. The van der Waals surface area contributed by atoms with Crippen LogP contribution in [0, 0.1) is 6.92 Å². The zero-order valence-electron chi connectivity index (χ0n) is 11.4. The van der Waals surface area contributed by atoms with Crippen LogP contribution in [0.3, 0.4) is 0 Å². The molecule has 0 aliphatic rings. The number of nitrogens with zero attached hydrogens (tertiary/aromatic N) is 1. The lowest BCUT2D eigenvalue weighted by Crippen LogP contribution is -2.39. The van der Waals surface area contributed by atoms with Crippen LogP contribution in [0.4, 0.5) is 0 Å². The molecular formula is C14H19ClN2OS. The summed E-state index contributed by atoms with van der Waals surface area (Å²) in [4.78, 5) is 14.7. The first-order chi connectivity index (χ1) is 8.82. The van der Waals surface area contributed by atoms with Gasteiger partial charge in [0.15, 0.2) is 0 Å². The van der Waals surface area contributed by atoms with Crippen LogP contribution >= 0.6 is 23.8 Å². The van der Waals surface area contributed by atoms with Crippen molar-refractivity contribution in [1.29, 1.82) is 0 Å². The fourth-order valence-electron chi connectivity index (χ4n) is 1.80. The lowest BCUT2D eigenvalue weighted by Gasteiger charge is -2.27. The predicted molar refractivity (Wildman–Crippen MR) is 83.8 cm³/mol. The van der Waals surface area contributed by atoms with Crippen LogP contribution in [0.1, 0.15) is 36.2 Å². The summed E-state index contributed by atoms with van der Waals surface area (Å²) in [6, 6.07) is 5.42. The monoisotopic (exact) mass is 298 g/mol. The summed E-state index contributed by atoms with van der Waals surface area (Å²) in [5.74, 6) is -0.0359. The van der Waals surface area contributed by atoms with Crippen molar-refractivity contribution in [3.8, 4) is 0 Å². The standard InChI is InChI=1S/C14H19ClN2OS/c1-9(2)17(7-6-13(16)19)14(18)12-8-11(15)5-4-10(12)3/h4-5,8-9H,6-7H2,1-3H3,(H2,16,19). The van der Waals surface area contributed by atoms with E-state index in [4.69, 9.17) is 29.6 Å². The van der Waals surface area contributed by atoms with Crippen LogP contribution in [0.15, 0.2) is 18.2 Å². The van der Waals surface area contributed by atoms with Gasteiger partial charge in [0, 0.05) is 29.6 Å². The number of rotatable bonds is 5. The first-order valence-corrected chi connectivity index (χ1v) is 6.97. The highest BCUT2D eigenvalue weighted by atomic mass is 35.5. The molecule has 1 amide bonds. The number of amides is 1. The lowest BCUT2D eigenvalue weighted by molar-refractivity contribution is 0.0711. The van der Waals surface area contributed by atoms with Crippen molar-refractivity contribution < 1.29 is 4.79 Å². The molecule has 0 unspecified atom stereocenters. The Balaban J connectivity index is 2.99. The van der Waals surface area contributed by atoms with E-state index in [2.05, 4.69) is 0 Å². The van der Waals surface area contributed by atoms with E-state index in [1.165, 1.54) is 0 Å². The van der Waals surface area contributed by atoms with Crippen molar-refractivity contribution in [2.75, 3.05) is 6.54 Å². The summed E-state index contributed by atoms with van der Waals surface area (Å²) in [7, 11) is 0. The highest BCUT2D eigenvalue weighted by molar-refractivity contribution is 7.80. The van der Waals surface area contributed by atoms with Gasteiger partial charge in [0.05, 0.1) is 4.99 Å². The number of hydrogen-bond acceptors (Lipinski definition) is 2. The maximum absolute atomic E-state index is 12.6. The van der Waals surface area contributed by atoms with E-state index in [1.807, 2.05) is 26.8 Å². The fraction of sp³-hybridized carbons (Fsp3) is 0.429. The highest BCUT2D eigenvalue weighted by Crippen LogP contribution is 2.18. The minimum absolute atomic E-state index is 0.0359. The zero-order chi connectivity index (χ0) is 14.6. The van der Waals surface area contributed by atoms with Gasteiger partial charge in [-0.2, -0.15) is 0 Å². The number of carbonyl (C=O) groups excluding carboxylic acids is 1. The number of thiocarbonyl (C=S) groups is 1. The van der Waals surface area contributed by atoms with Gasteiger partial charge in [-0.3, -0.25) is 4.79 Å². The van der Waals surface area contributed by atoms with E-state index in [9.17, 15) is 4.79 Å². The molecule has 104 valence electrons. The predicted octanol–water partition coefficient (Wildman–Crippen LogP) is 3.18. The number of hydrogen-bond donors (Lipinski definition) is 1. The van der Waals surface area contributed by atoms with Gasteiger partial charge in [-0.1, -0.05) is 29.9 Å². The number of aryl methyl sites for hydroxylation is 1. The summed E-state index contributed by atoms with van der Waals surface area (Å²) in [5, 5.41) is 0.562. The average Bonchev–Trinajstić information content (AvgIpc) is 2.31. The van der Waals surface area contributed by atoms with E-state index in [0.29, 0.717) is 28.5 Å². The lowest BCUT2D eigenvalue weighted by atomic mass is 10.1. The molecule has 0 saturated carbocycles. The minimum Gasteiger partial charge on any atom is -0.393 e. The molecule has 0 aromatic heterocycles. The number of nitrogens with two attached hydrogens (primary N) is 1. The Labute approximate surface area is 124 Å². The van der Waals surface area contributed by atoms with E-state index >= 15 is 0 Å². The van der Waals surface area contributed by atoms with E-state index in [1.54, 1.807) is 17.0 Å². The Morgan fingerprint density at radius 2 is 2.11 bits per heavy atom. The Kier molecular flexibility index (Phi) is 5.76. The van der Waals surface area contributed by atoms with E-state index in [0.717, 1.165) is 5.56 Å². The second-order valence-electron chi connectivity index (χ2n) is 4.77. The van der Waals surface area contributed by atoms with Crippen molar-refractivity contribution in [2.24, 2.45) is 5.73 Å². The van der Waals surface area contributed by atoms with Crippen LogP contribution in [0.2, 0.25) is 5.02 Å². The van der Waals surface area contributed by atoms with Crippen LogP contribution in [0.5, 0.6) is 0 Å². The summed E-state index contributed by atoms with van der Waals surface area (Å²) >= 11 is 10.8. The Hall–Kier alpha value is -1.13. The normalized spacial score (nSPS) is 10.6. The second-order valence-corrected chi connectivity index (χ2v) is 5.73. The van der Waals surface area contributed by atoms with Crippen LogP contribution < -0.4 is 5.73 Å². The molecule has 1 aromatic carbocycles. The van der Waals surface area contributed by atoms with Crippen molar-refractivity contribution in [2.45, 2.75) is 33.2 Å². The third-order valence-corrected chi connectivity index (χ3v) is 3.35. The molecule has 1 aromatic rings. The molecule has 0 bridgehead atoms. The van der Waals surface area contributed by atoms with Gasteiger partial charge < -0.3 is 10.6 Å². The smallest absolute Gasteiger partial charge is 0.254 e. The summed E-state index contributed by atoms with van der Waals surface area (Å²) < 4.78 is 0. The summed E-state index contributed by atoms with van der Waals surface area (Å²) in [6.45, 7) is 6.36. The molecule has 1 rings (SSSR count). The molecule has 0 saturated heterocycles. The number of halogens is 1. The van der Waals surface area contributed by atoms with Gasteiger partial charge in [-0.05, 0) is 38.5 Å². The quantitative estimate of drug-likeness (QED) is 0.849. The largest absolute Gasteiger partial charge is 0.393 e. The molecule has 0 atom stereocenters. The molecule has 19 heavy (non-hydrogen) atoms. The third kappa shape index (κ3) is 4.48. The molecule has 0 aliphatic heterocycles. The van der Waals surface area contributed by atoms with E-state index in [-0.39, 0.29) is 11.9 Å². The second kappa shape index (κ2) is 6.87. The SMILES string of the molecule is Cc1ccc(Cl)cc1C(=O)N(CCC(N)=S)C(C)C. The van der Waals surface area contributed by atoms with Crippen LogP contribution in [-0.4, -0.2) is 28.4 Å². The molecule has 5 heteroatoms. The maximum atomic E-state index is 12.6.